The Morgan fingerprint density at radius 1 is 1.07 bits per heavy atom. The highest BCUT2D eigenvalue weighted by Gasteiger charge is 2.32. The van der Waals surface area contributed by atoms with E-state index in [-0.39, 0.29) is 29.4 Å². The number of carboxylic acid groups (broad SMARTS) is 1. The van der Waals surface area contributed by atoms with Crippen LogP contribution in [0.1, 0.15) is 31.0 Å². The smallest absolute Gasteiger partial charge is 0.341 e. The molecule has 0 fully saturated rings. The Balaban J connectivity index is 1.66. The van der Waals surface area contributed by atoms with Crippen LogP contribution < -0.4 is 35.0 Å². The van der Waals surface area contributed by atoms with Crippen LogP contribution >= 0.6 is 22.6 Å². The van der Waals surface area contributed by atoms with Crippen LogP contribution in [0.4, 0.5) is 4.79 Å². The van der Waals surface area contributed by atoms with E-state index >= 15 is 0 Å². The highest BCUT2D eigenvalue weighted by atomic mass is 127. The second kappa shape index (κ2) is 14.9. The van der Waals surface area contributed by atoms with Gasteiger partial charge in [-0.1, -0.05) is 6.07 Å². The van der Waals surface area contributed by atoms with E-state index in [1.165, 1.54) is 20.4 Å². The minimum atomic E-state index is -1.12. The van der Waals surface area contributed by atoms with Gasteiger partial charge >= 0.3 is 18.0 Å². The van der Waals surface area contributed by atoms with Gasteiger partial charge in [-0.2, -0.15) is 5.10 Å². The number of carbonyl (C=O) groups excluding carboxylic acids is 3. The normalized spacial score (nSPS) is 14.5. The van der Waals surface area contributed by atoms with Gasteiger partial charge in [0.15, 0.2) is 36.2 Å². The Bertz CT molecular complexity index is 1430. The van der Waals surface area contributed by atoms with Gasteiger partial charge in [0.25, 0.3) is 5.91 Å². The number of nitrogens with zero attached hydrogens (tertiary/aromatic N) is 1. The quantitative estimate of drug-likeness (QED) is 0.105. The monoisotopic (exact) mass is 696 g/mol. The molecule has 0 saturated carbocycles. The summed E-state index contributed by atoms with van der Waals surface area (Å²) in [5, 5.41) is 18.1. The molecule has 1 heterocycles. The van der Waals surface area contributed by atoms with E-state index in [0.717, 1.165) is 0 Å². The summed E-state index contributed by atoms with van der Waals surface area (Å²) in [7, 11) is 2.83. The van der Waals surface area contributed by atoms with Crippen LogP contribution in [0.25, 0.3) is 0 Å². The highest BCUT2D eigenvalue weighted by Crippen LogP contribution is 2.35. The van der Waals surface area contributed by atoms with Crippen LogP contribution in [0.15, 0.2) is 46.7 Å². The first-order valence-corrected chi connectivity index (χ1v) is 13.5. The summed E-state index contributed by atoms with van der Waals surface area (Å²) < 4.78 is 27.3. The molecule has 0 spiro atoms. The summed E-state index contributed by atoms with van der Waals surface area (Å²) in [6.07, 6.45) is 1.38. The number of allylic oxidation sites excluding steroid dienone is 1. The maximum absolute atomic E-state index is 12.6. The number of hydrogen-bond donors (Lipinski definition) is 4. The summed E-state index contributed by atoms with van der Waals surface area (Å²) in [5.41, 5.74) is 4.07. The Kier molecular flexibility index (Phi) is 11.3. The fourth-order valence-corrected chi connectivity index (χ4v) is 4.63. The zero-order chi connectivity index (χ0) is 30.8. The molecule has 0 saturated heterocycles. The van der Waals surface area contributed by atoms with E-state index in [4.69, 9.17) is 28.8 Å². The molecular weight excluding hydrogens is 667 g/mol. The third kappa shape index (κ3) is 8.25. The molecule has 224 valence electrons. The molecule has 1 atom stereocenters. The molecule has 0 aliphatic carbocycles. The summed E-state index contributed by atoms with van der Waals surface area (Å²) in [6, 6.07) is 6.76. The number of halogens is 1. The SMILES string of the molecule is CCOC(=O)C1=C(C)NC(=O)N[C@@H]1c1ccc(OCC(=O)N/N=C\c2cc(I)c(OCC(=O)O)c(OC)c2)c(OC)c1. The lowest BCUT2D eigenvalue weighted by Crippen LogP contribution is -2.45. The number of carbonyl (C=O) groups is 4. The third-order valence-corrected chi connectivity index (χ3v) is 6.44. The number of carboxylic acids is 1. The lowest BCUT2D eigenvalue weighted by molar-refractivity contribution is -0.140. The highest BCUT2D eigenvalue weighted by molar-refractivity contribution is 14.1. The van der Waals surface area contributed by atoms with Crippen LogP contribution in [-0.2, 0) is 19.1 Å². The maximum Gasteiger partial charge on any atom is 0.341 e. The molecule has 0 aromatic heterocycles. The van der Waals surface area contributed by atoms with E-state index in [2.05, 4.69) is 21.2 Å². The van der Waals surface area contributed by atoms with Gasteiger partial charge in [-0.15, -0.1) is 0 Å². The van der Waals surface area contributed by atoms with E-state index in [0.29, 0.717) is 26.1 Å². The average molecular weight is 696 g/mol. The molecular formula is C27H29IN4O10. The first-order valence-electron chi connectivity index (χ1n) is 12.4. The number of urea groups is 1. The van der Waals surface area contributed by atoms with Crippen molar-refractivity contribution in [2.45, 2.75) is 19.9 Å². The van der Waals surface area contributed by atoms with Crippen molar-refractivity contribution in [1.29, 1.82) is 0 Å². The van der Waals surface area contributed by atoms with Crippen LogP contribution in [0.3, 0.4) is 0 Å². The number of nitrogens with one attached hydrogen (secondary N) is 3. The second-order valence-electron chi connectivity index (χ2n) is 8.50. The summed E-state index contributed by atoms with van der Waals surface area (Å²) in [5.74, 6) is -1.16. The van der Waals surface area contributed by atoms with Gasteiger partial charge in [0.05, 0.1) is 42.2 Å². The van der Waals surface area contributed by atoms with Crippen molar-refractivity contribution in [1.82, 2.24) is 16.1 Å². The molecule has 42 heavy (non-hydrogen) atoms. The van der Waals surface area contributed by atoms with Crippen molar-refractivity contribution >= 4 is 52.7 Å². The van der Waals surface area contributed by atoms with Crippen LogP contribution in [0.5, 0.6) is 23.0 Å². The predicted molar refractivity (Wildman–Crippen MR) is 157 cm³/mol. The zero-order valence-corrected chi connectivity index (χ0v) is 25.3. The van der Waals surface area contributed by atoms with Gasteiger partial charge in [0.1, 0.15) is 0 Å². The van der Waals surface area contributed by atoms with E-state index in [9.17, 15) is 19.2 Å². The number of ether oxygens (including phenoxy) is 5. The Labute approximate surface area is 254 Å². The standard InChI is InChI=1S/C27H29IN4O10/c1-5-40-26(36)23-14(2)30-27(37)31-24(23)16-6-7-18(19(10-16)38-3)41-12-21(33)32-29-11-15-8-17(28)25(20(9-15)39-4)42-13-22(34)35/h6-11,24H,5,12-13H2,1-4H3,(H,32,33)(H,34,35)(H2,30,31,37)/b29-11-/t24-/m1/s1. The van der Waals surface area contributed by atoms with Crippen LogP contribution in [0, 0.1) is 3.57 Å². The molecule has 0 unspecified atom stereocenters. The van der Waals surface area contributed by atoms with Gasteiger partial charge in [0, 0.05) is 5.70 Å². The number of esters is 1. The fourth-order valence-electron chi connectivity index (χ4n) is 3.85. The number of methoxy groups -OCH3 is 2. The molecule has 0 radical (unpaired) electrons. The number of rotatable bonds is 13. The maximum atomic E-state index is 12.6. The average Bonchev–Trinajstić information content (AvgIpc) is 2.94. The first kappa shape index (κ1) is 32.0. The second-order valence-corrected chi connectivity index (χ2v) is 9.66. The third-order valence-electron chi connectivity index (χ3n) is 5.64. The molecule has 1 aliphatic rings. The van der Waals surface area contributed by atoms with Crippen molar-refractivity contribution in [2.24, 2.45) is 5.10 Å². The van der Waals surface area contributed by atoms with Gasteiger partial charge in [-0.3, -0.25) is 4.79 Å². The molecule has 1 aliphatic heterocycles. The zero-order valence-electron chi connectivity index (χ0n) is 23.1. The molecule has 14 nitrogen and oxygen atoms in total. The number of hydrazone groups is 1. The molecule has 2 aromatic carbocycles. The van der Waals surface area contributed by atoms with Gasteiger partial charge in [-0.05, 0) is 71.8 Å². The lowest BCUT2D eigenvalue weighted by Gasteiger charge is -2.28. The topological polar surface area (TPSA) is 183 Å². The molecule has 2 aromatic rings. The Hall–Kier alpha value is -4.54. The van der Waals surface area contributed by atoms with Gasteiger partial charge < -0.3 is 39.4 Å². The van der Waals surface area contributed by atoms with Crippen molar-refractivity contribution in [3.05, 3.63) is 56.3 Å². The van der Waals surface area contributed by atoms with E-state index in [1.54, 1.807) is 44.2 Å². The summed E-state index contributed by atoms with van der Waals surface area (Å²) >= 11 is 1.97. The number of benzene rings is 2. The van der Waals surface area contributed by atoms with Gasteiger partial charge in [0.2, 0.25) is 0 Å². The largest absolute Gasteiger partial charge is 0.493 e. The molecule has 3 amide bonds. The van der Waals surface area contributed by atoms with E-state index < -0.39 is 43.1 Å². The summed E-state index contributed by atoms with van der Waals surface area (Å²) in [4.78, 5) is 47.9. The molecule has 4 N–H and O–H groups in total. The van der Waals surface area contributed by atoms with Gasteiger partial charge in [-0.25, -0.2) is 19.8 Å². The number of amides is 3. The Morgan fingerprint density at radius 2 is 1.81 bits per heavy atom. The van der Waals surface area contributed by atoms with E-state index in [1.807, 2.05) is 22.6 Å². The minimum Gasteiger partial charge on any atom is -0.493 e. The van der Waals surface area contributed by atoms with Crippen molar-refractivity contribution < 1.29 is 48.0 Å². The number of hydrogen-bond acceptors (Lipinski definition) is 10. The molecule has 15 heteroatoms. The van der Waals surface area contributed by atoms with Crippen LogP contribution in [-0.4, -0.2) is 69.2 Å². The molecule has 0 bridgehead atoms. The van der Waals surface area contributed by atoms with Crippen molar-refractivity contribution in [2.75, 3.05) is 34.0 Å². The van der Waals surface area contributed by atoms with Crippen LogP contribution in [0.2, 0.25) is 0 Å². The van der Waals surface area contributed by atoms with Crippen molar-refractivity contribution in [3.63, 3.8) is 0 Å². The predicted octanol–water partition coefficient (Wildman–Crippen LogP) is 2.49. The molecule has 3 rings (SSSR count). The minimum absolute atomic E-state index is 0.168. The summed E-state index contributed by atoms with van der Waals surface area (Å²) in [6.45, 7) is 2.54. The lowest BCUT2D eigenvalue weighted by atomic mass is 9.95. The first-order chi connectivity index (χ1) is 20.1. The fraction of sp³-hybridized carbons (Fsp3) is 0.296. The van der Waals surface area contributed by atoms with Crippen molar-refractivity contribution in [3.8, 4) is 23.0 Å². The number of aliphatic carboxylic acids is 1. The Morgan fingerprint density at radius 3 is 2.48 bits per heavy atom.